The second kappa shape index (κ2) is 9.28. The van der Waals surface area contributed by atoms with Crippen molar-refractivity contribution >= 4 is 5.78 Å². The Morgan fingerprint density at radius 1 is 1.00 bits per heavy atom. The molecule has 2 saturated carbocycles. The molecule has 5 atom stereocenters. The number of aliphatic hydroxyl groups is 1. The number of ketones is 1. The monoisotopic (exact) mass is 404 g/mol. The zero-order valence-corrected chi connectivity index (χ0v) is 17.7. The van der Waals surface area contributed by atoms with Crippen LogP contribution in [0.4, 0.5) is 0 Å². The summed E-state index contributed by atoms with van der Waals surface area (Å²) in [4.78, 5) is 12.7. The summed E-state index contributed by atoms with van der Waals surface area (Å²) in [5.74, 6) is 0.586. The first-order valence-corrected chi connectivity index (χ1v) is 11.3. The highest BCUT2D eigenvalue weighted by atomic mass is 16.5. The fourth-order valence-electron chi connectivity index (χ4n) is 5.39. The molecular weight excluding hydrogens is 372 g/mol. The lowest BCUT2D eigenvalue weighted by molar-refractivity contribution is -0.160. The van der Waals surface area contributed by atoms with Gasteiger partial charge in [0.1, 0.15) is 18.0 Å². The second-order valence-electron chi connectivity index (χ2n) is 8.74. The number of ether oxygens (including phenoxy) is 1. The highest BCUT2D eigenvalue weighted by molar-refractivity contribution is 5.91. The average Bonchev–Trinajstić information content (AvgIpc) is 2.81. The summed E-state index contributed by atoms with van der Waals surface area (Å²) in [6.07, 6.45) is 8.57. The van der Waals surface area contributed by atoms with Gasteiger partial charge in [0.05, 0.1) is 6.10 Å². The molecule has 2 aliphatic rings. The van der Waals surface area contributed by atoms with E-state index >= 15 is 0 Å². The van der Waals surface area contributed by atoms with Crippen LogP contribution in [0.25, 0.3) is 0 Å². The van der Waals surface area contributed by atoms with Gasteiger partial charge < -0.3 is 9.84 Å². The third kappa shape index (κ3) is 4.01. The number of rotatable bonds is 7. The maximum atomic E-state index is 12.7. The van der Waals surface area contributed by atoms with Crippen LogP contribution in [0.3, 0.4) is 0 Å². The Labute approximate surface area is 179 Å². The van der Waals surface area contributed by atoms with Crippen molar-refractivity contribution in [3.63, 3.8) is 0 Å². The molecule has 0 bridgehead atoms. The summed E-state index contributed by atoms with van der Waals surface area (Å²) < 4.78 is 6.72. The van der Waals surface area contributed by atoms with Crippen LogP contribution in [-0.2, 0) is 9.53 Å². The van der Waals surface area contributed by atoms with Gasteiger partial charge in [0.15, 0.2) is 0 Å². The number of carbonyl (C=O) groups is 1. The van der Waals surface area contributed by atoms with Gasteiger partial charge in [-0.15, -0.1) is 0 Å². The molecule has 1 spiro atoms. The predicted octanol–water partition coefficient (Wildman–Crippen LogP) is 5.96. The maximum Gasteiger partial charge on any atom is 0.139 e. The van der Waals surface area contributed by atoms with Gasteiger partial charge in [0.2, 0.25) is 0 Å². The van der Waals surface area contributed by atoms with Gasteiger partial charge in [-0.1, -0.05) is 85.7 Å². The highest BCUT2D eigenvalue weighted by Gasteiger charge is 2.54. The molecule has 0 radical (unpaired) electrons. The van der Waals surface area contributed by atoms with Crippen molar-refractivity contribution in [3.8, 4) is 0 Å². The van der Waals surface area contributed by atoms with Gasteiger partial charge in [-0.25, -0.2) is 0 Å². The van der Waals surface area contributed by atoms with Gasteiger partial charge in [-0.2, -0.15) is 0 Å². The molecule has 2 aromatic rings. The maximum absolute atomic E-state index is 12.7. The summed E-state index contributed by atoms with van der Waals surface area (Å²) >= 11 is 0. The van der Waals surface area contributed by atoms with Gasteiger partial charge in [-0.3, -0.25) is 4.79 Å². The minimum atomic E-state index is -0.780. The molecule has 158 valence electrons. The molecule has 1 N–H and O–H groups in total. The number of hydrogen-bond donors (Lipinski definition) is 1. The molecule has 30 heavy (non-hydrogen) atoms. The Morgan fingerprint density at radius 3 is 2.23 bits per heavy atom. The van der Waals surface area contributed by atoms with Crippen LogP contribution >= 0.6 is 0 Å². The first-order chi connectivity index (χ1) is 14.7. The molecule has 0 heterocycles. The van der Waals surface area contributed by atoms with Crippen LogP contribution in [-0.4, -0.2) is 17.0 Å². The highest BCUT2D eigenvalue weighted by Crippen LogP contribution is 2.55. The van der Waals surface area contributed by atoms with E-state index in [9.17, 15) is 9.90 Å². The van der Waals surface area contributed by atoms with E-state index in [4.69, 9.17) is 4.74 Å². The van der Waals surface area contributed by atoms with E-state index in [0.717, 1.165) is 43.2 Å². The van der Waals surface area contributed by atoms with E-state index in [0.29, 0.717) is 12.2 Å². The first-order valence-electron chi connectivity index (χ1n) is 11.3. The quantitative estimate of drug-likeness (QED) is 0.579. The molecule has 0 saturated heterocycles. The largest absolute Gasteiger partial charge is 0.385 e. The number of allylic oxidation sites excluding steroid dienone is 1. The van der Waals surface area contributed by atoms with Crippen molar-refractivity contribution in [2.45, 2.75) is 63.8 Å². The van der Waals surface area contributed by atoms with E-state index in [1.165, 1.54) is 0 Å². The van der Waals surface area contributed by atoms with E-state index in [-0.39, 0.29) is 17.4 Å². The summed E-state index contributed by atoms with van der Waals surface area (Å²) in [6.45, 7) is 2.00. The van der Waals surface area contributed by atoms with Crippen LogP contribution in [0, 0.1) is 11.3 Å². The molecule has 3 heteroatoms. The van der Waals surface area contributed by atoms with Gasteiger partial charge in [0.25, 0.3) is 0 Å². The van der Waals surface area contributed by atoms with Crippen LogP contribution < -0.4 is 0 Å². The van der Waals surface area contributed by atoms with Gasteiger partial charge in [0, 0.05) is 17.8 Å². The second-order valence-corrected chi connectivity index (χ2v) is 8.74. The molecule has 4 rings (SSSR count). The topological polar surface area (TPSA) is 46.5 Å². The van der Waals surface area contributed by atoms with Crippen molar-refractivity contribution in [3.05, 3.63) is 83.9 Å². The SMILES string of the molecule is C/C=C/[C@@H](O[C@H](c1ccccc1)[C@H](O)c1ccccc1)[C@H]1CCCC[C@@]12CCC2=O. The van der Waals surface area contributed by atoms with E-state index in [2.05, 4.69) is 6.08 Å². The van der Waals surface area contributed by atoms with Crippen LogP contribution in [0.5, 0.6) is 0 Å². The number of benzene rings is 2. The third-order valence-electron chi connectivity index (χ3n) is 7.09. The molecule has 0 aromatic heterocycles. The van der Waals surface area contributed by atoms with Crippen LogP contribution in [0.2, 0.25) is 0 Å². The molecule has 2 aromatic carbocycles. The zero-order valence-electron chi connectivity index (χ0n) is 17.7. The molecular formula is C27H32O3. The Kier molecular flexibility index (Phi) is 6.50. The standard InChI is InChI=1S/C27H32O3/c1-2-11-23(22-16-9-10-18-27(22)19-17-24(27)28)30-26(21-14-7-4-8-15-21)25(29)20-12-5-3-6-13-20/h2-8,11-15,22-23,25-26,29H,9-10,16-19H2,1H3/b11-2+/t22-,23-,25-,26-,27-/m1/s1. The Balaban J connectivity index is 1.66. The minimum Gasteiger partial charge on any atom is -0.385 e. The predicted molar refractivity (Wildman–Crippen MR) is 119 cm³/mol. The van der Waals surface area contributed by atoms with Crippen molar-refractivity contribution in [2.24, 2.45) is 11.3 Å². The van der Waals surface area contributed by atoms with E-state index in [1.54, 1.807) is 0 Å². The van der Waals surface area contributed by atoms with Crippen molar-refractivity contribution in [1.29, 1.82) is 0 Å². The lowest BCUT2D eigenvalue weighted by atomic mass is 9.53. The molecule has 3 nitrogen and oxygen atoms in total. The number of carbonyl (C=O) groups excluding carboxylic acids is 1. The Hall–Kier alpha value is -2.23. The van der Waals surface area contributed by atoms with Crippen molar-refractivity contribution in [1.82, 2.24) is 0 Å². The first kappa shape index (κ1) is 21.0. The Morgan fingerprint density at radius 2 is 1.67 bits per heavy atom. The lowest BCUT2D eigenvalue weighted by Crippen LogP contribution is -2.52. The molecule has 2 aliphatic carbocycles. The fourth-order valence-corrected chi connectivity index (χ4v) is 5.39. The summed E-state index contributed by atoms with van der Waals surface area (Å²) in [6, 6.07) is 19.6. The Bertz CT molecular complexity index is 860. The number of aliphatic hydroxyl groups excluding tert-OH is 1. The fraction of sp³-hybridized carbons (Fsp3) is 0.444. The van der Waals surface area contributed by atoms with Crippen molar-refractivity contribution in [2.75, 3.05) is 0 Å². The number of Topliss-reactive ketones (excluding diaryl/α,β-unsaturated/α-hetero) is 1. The third-order valence-corrected chi connectivity index (χ3v) is 7.09. The van der Waals surface area contributed by atoms with Gasteiger partial charge in [-0.05, 0) is 37.3 Å². The van der Waals surface area contributed by atoms with Crippen LogP contribution in [0.15, 0.2) is 72.8 Å². The van der Waals surface area contributed by atoms with E-state index in [1.807, 2.05) is 73.7 Å². The molecule has 2 fully saturated rings. The summed E-state index contributed by atoms with van der Waals surface area (Å²) in [5, 5.41) is 11.3. The summed E-state index contributed by atoms with van der Waals surface area (Å²) in [7, 11) is 0. The normalized spacial score (nSPS) is 27.0. The van der Waals surface area contributed by atoms with Gasteiger partial charge >= 0.3 is 0 Å². The minimum absolute atomic E-state index is 0.179. The molecule has 0 amide bonds. The van der Waals surface area contributed by atoms with Crippen LogP contribution in [0.1, 0.15) is 68.8 Å². The van der Waals surface area contributed by atoms with E-state index < -0.39 is 12.2 Å². The molecule has 0 aliphatic heterocycles. The summed E-state index contributed by atoms with van der Waals surface area (Å²) in [5.41, 5.74) is 1.57. The number of hydrogen-bond acceptors (Lipinski definition) is 3. The smallest absolute Gasteiger partial charge is 0.139 e. The average molecular weight is 405 g/mol. The molecule has 0 unspecified atom stereocenters. The van der Waals surface area contributed by atoms with Crippen molar-refractivity contribution < 1.29 is 14.6 Å². The lowest BCUT2D eigenvalue weighted by Gasteiger charge is -2.51. The zero-order chi connectivity index (χ0) is 21.0.